The average molecular weight is 243 g/mol. The Morgan fingerprint density at radius 1 is 1.14 bits per heavy atom. The van der Waals surface area contributed by atoms with Crippen LogP contribution in [0.5, 0.6) is 0 Å². The van der Waals surface area contributed by atoms with E-state index in [1.807, 2.05) is 0 Å². The summed E-state index contributed by atoms with van der Waals surface area (Å²) in [6.45, 7) is 0. The van der Waals surface area contributed by atoms with E-state index in [1.54, 1.807) is 30.3 Å². The Bertz CT molecular complexity index is 269. The van der Waals surface area contributed by atoms with Crippen molar-refractivity contribution in [1.82, 2.24) is 0 Å². The van der Waals surface area contributed by atoms with Crippen LogP contribution in [0.25, 0.3) is 0 Å². The maximum absolute atomic E-state index is 10.4. The molecule has 0 heterocycles. The summed E-state index contributed by atoms with van der Waals surface area (Å²) in [5, 5.41) is 9.06. The van der Waals surface area contributed by atoms with Crippen molar-refractivity contribution in [3.8, 4) is 0 Å². The summed E-state index contributed by atoms with van der Waals surface area (Å²) >= 11 is 0. The van der Waals surface area contributed by atoms with Crippen LogP contribution in [0.4, 0.5) is 0 Å². The summed E-state index contributed by atoms with van der Waals surface area (Å²) in [5.41, 5.74) is 0.469. The van der Waals surface area contributed by atoms with E-state index in [1.165, 1.54) is 0 Å². The molecule has 0 spiro atoms. The normalized spacial score (nSPS) is 11.1. The maximum Gasteiger partial charge on any atom is 1.00 e. The molecule has 0 saturated heterocycles. The van der Waals surface area contributed by atoms with Gasteiger partial charge in [-0.1, -0.05) is 30.3 Å². The number of rotatable bonds is 2. The standard InChI is InChI=1S/C7H7O3P.3Na.3H/c8-7(11(9)10)6-4-2-1-3-5-6;;;;;;/h1-5,7-8H;;;;;;/q;3*+1;3*-1/p+1. The summed E-state index contributed by atoms with van der Waals surface area (Å²) in [6, 6.07) is 8.40. The molecule has 0 amide bonds. The number of benzene rings is 1. The van der Waals surface area contributed by atoms with Crippen LogP contribution < -0.4 is 88.7 Å². The number of hydrogen-bond donors (Lipinski definition) is 2. The van der Waals surface area contributed by atoms with Crippen molar-refractivity contribution >= 4 is 8.03 Å². The van der Waals surface area contributed by atoms with Gasteiger partial charge in [0.25, 0.3) is 0 Å². The second-order valence-corrected chi connectivity index (χ2v) is 3.18. The minimum Gasteiger partial charge on any atom is -1.00 e. The molecule has 2 N–H and O–H groups in total. The molecule has 0 bridgehead atoms. The van der Waals surface area contributed by atoms with Crippen LogP contribution in [0.3, 0.4) is 0 Å². The van der Waals surface area contributed by atoms with E-state index in [9.17, 15) is 4.57 Å². The topological polar surface area (TPSA) is 57.5 Å². The molecule has 14 heavy (non-hydrogen) atoms. The molecule has 1 aromatic rings. The summed E-state index contributed by atoms with van der Waals surface area (Å²) in [4.78, 5) is 8.53. The first kappa shape index (κ1) is 21.5. The molecular formula is C7H11Na3O3P+. The van der Waals surface area contributed by atoms with Gasteiger partial charge in [-0.25, -0.2) is 0 Å². The van der Waals surface area contributed by atoms with Gasteiger partial charge < -0.3 is 9.39 Å². The van der Waals surface area contributed by atoms with E-state index in [-0.39, 0.29) is 93.0 Å². The second kappa shape index (κ2) is 11.7. The second-order valence-electron chi connectivity index (χ2n) is 2.09. The summed E-state index contributed by atoms with van der Waals surface area (Å²) in [7, 11) is -2.53. The third-order valence-electron chi connectivity index (χ3n) is 1.31. The minimum absolute atomic E-state index is 0. The van der Waals surface area contributed by atoms with E-state index >= 15 is 0 Å². The van der Waals surface area contributed by atoms with Crippen LogP contribution >= 0.6 is 8.03 Å². The SMILES string of the molecule is O=[P+](O)C(O)c1ccccc1.[H-].[H-].[H-].[Na+].[Na+].[Na+]. The third kappa shape index (κ3) is 7.50. The average Bonchev–Trinajstić information content (AvgIpc) is 2.05. The fourth-order valence-corrected chi connectivity index (χ4v) is 1.18. The number of aliphatic hydroxyl groups excluding tert-OH is 1. The fourth-order valence-electron chi connectivity index (χ4n) is 0.753. The smallest absolute Gasteiger partial charge is 1.00 e. The van der Waals surface area contributed by atoms with Gasteiger partial charge in [-0.3, -0.25) is 0 Å². The molecule has 2 unspecified atom stereocenters. The van der Waals surface area contributed by atoms with Gasteiger partial charge in [0.2, 0.25) is 0 Å². The zero-order valence-corrected chi connectivity index (χ0v) is 15.6. The predicted octanol–water partition coefficient (Wildman–Crippen LogP) is -7.24. The van der Waals surface area contributed by atoms with E-state index in [2.05, 4.69) is 0 Å². The van der Waals surface area contributed by atoms with Crippen molar-refractivity contribution in [2.24, 2.45) is 0 Å². The quantitative estimate of drug-likeness (QED) is 0.401. The van der Waals surface area contributed by atoms with Crippen molar-refractivity contribution in [3.05, 3.63) is 35.9 Å². The largest absolute Gasteiger partial charge is 1.00 e. The molecule has 1 aromatic carbocycles. The Hall–Kier alpha value is 2.24. The van der Waals surface area contributed by atoms with Crippen LogP contribution in [0.15, 0.2) is 30.3 Å². The molecule has 0 aromatic heterocycles. The zero-order chi connectivity index (χ0) is 8.27. The Labute approximate surface area is 155 Å². The van der Waals surface area contributed by atoms with Crippen molar-refractivity contribution in [1.29, 1.82) is 0 Å². The molecule has 0 aliphatic heterocycles. The van der Waals surface area contributed by atoms with Crippen LogP contribution in [0.1, 0.15) is 15.7 Å². The van der Waals surface area contributed by atoms with E-state index in [0.717, 1.165) is 0 Å². The van der Waals surface area contributed by atoms with E-state index in [4.69, 9.17) is 10.00 Å². The van der Waals surface area contributed by atoms with Crippen molar-refractivity contribution < 1.29 is 108 Å². The van der Waals surface area contributed by atoms with Gasteiger partial charge in [0.1, 0.15) is 0 Å². The molecule has 0 radical (unpaired) electrons. The summed E-state index contributed by atoms with van der Waals surface area (Å²) in [5.74, 6) is -1.26. The number of hydrogen-bond acceptors (Lipinski definition) is 2. The third-order valence-corrected chi connectivity index (χ3v) is 2.02. The van der Waals surface area contributed by atoms with Gasteiger partial charge in [-0.05, 0) is 4.57 Å². The fraction of sp³-hybridized carbons (Fsp3) is 0.143. The van der Waals surface area contributed by atoms with Gasteiger partial charge >= 0.3 is 103 Å². The Morgan fingerprint density at radius 2 is 1.57 bits per heavy atom. The molecule has 3 nitrogen and oxygen atoms in total. The minimum atomic E-state index is -2.53. The summed E-state index contributed by atoms with van der Waals surface area (Å²) in [6.07, 6.45) is 0. The predicted molar refractivity (Wildman–Crippen MR) is 44.6 cm³/mol. The molecule has 7 heteroatoms. The maximum atomic E-state index is 10.4. The Kier molecular flexibility index (Phi) is 18.0. The van der Waals surface area contributed by atoms with Gasteiger partial charge in [0.05, 0.1) is 0 Å². The monoisotopic (exact) mass is 243 g/mol. The van der Waals surface area contributed by atoms with E-state index in [0.29, 0.717) is 5.56 Å². The van der Waals surface area contributed by atoms with Gasteiger partial charge in [-0.15, -0.1) is 0 Å². The molecule has 0 aliphatic rings. The molecular weight excluding hydrogens is 232 g/mol. The van der Waals surface area contributed by atoms with Crippen molar-refractivity contribution in [2.45, 2.75) is 5.85 Å². The molecule has 0 aliphatic carbocycles. The van der Waals surface area contributed by atoms with Crippen LogP contribution in [-0.4, -0.2) is 10.00 Å². The van der Waals surface area contributed by atoms with Gasteiger partial charge in [0.15, 0.2) is 0 Å². The zero-order valence-electron chi connectivity index (χ0n) is 11.7. The van der Waals surface area contributed by atoms with Crippen molar-refractivity contribution in [2.75, 3.05) is 0 Å². The van der Waals surface area contributed by atoms with Crippen LogP contribution in [0, 0.1) is 0 Å². The van der Waals surface area contributed by atoms with Gasteiger partial charge in [0, 0.05) is 5.56 Å². The van der Waals surface area contributed by atoms with Crippen molar-refractivity contribution in [3.63, 3.8) is 0 Å². The number of aliphatic hydroxyl groups is 1. The molecule has 2 atom stereocenters. The van der Waals surface area contributed by atoms with Crippen LogP contribution in [-0.2, 0) is 4.57 Å². The Balaban J connectivity index is -0.0000000504. The first-order valence-corrected chi connectivity index (χ1v) is 4.38. The first-order valence-electron chi connectivity index (χ1n) is 3.10. The first-order chi connectivity index (χ1) is 5.22. The Morgan fingerprint density at radius 3 is 1.93 bits per heavy atom. The van der Waals surface area contributed by atoms with Crippen LogP contribution in [0.2, 0.25) is 0 Å². The molecule has 0 saturated carbocycles. The molecule has 0 fully saturated rings. The van der Waals surface area contributed by atoms with E-state index < -0.39 is 13.9 Å². The summed E-state index contributed by atoms with van der Waals surface area (Å²) < 4.78 is 10.4. The molecule has 64 valence electrons. The van der Waals surface area contributed by atoms with Gasteiger partial charge in [-0.2, -0.15) is 4.89 Å². The molecule has 1 rings (SSSR count).